The highest BCUT2D eigenvalue weighted by Gasteiger charge is 2.34. The van der Waals surface area contributed by atoms with E-state index >= 15 is 0 Å². The lowest BCUT2D eigenvalue weighted by molar-refractivity contribution is 0.395. The average Bonchev–Trinajstić information content (AvgIpc) is 2.64. The summed E-state index contributed by atoms with van der Waals surface area (Å²) >= 11 is 6.60. The molecule has 0 spiro atoms. The number of rotatable bonds is 4. The van der Waals surface area contributed by atoms with Crippen molar-refractivity contribution in [2.45, 2.75) is 64.8 Å². The summed E-state index contributed by atoms with van der Waals surface area (Å²) in [4.78, 5) is 7.01. The van der Waals surface area contributed by atoms with Gasteiger partial charge < -0.3 is 4.90 Å². The molecular formula is C24H31ClN2. The monoisotopic (exact) mass is 382 g/mol. The Hall–Kier alpha value is -1.80. The molecule has 2 aromatic rings. The number of hydrogen-bond acceptors (Lipinski definition) is 2. The average molecular weight is 383 g/mol. The van der Waals surface area contributed by atoms with Gasteiger partial charge >= 0.3 is 0 Å². The second kappa shape index (κ2) is 7.67. The SMILES string of the molecule is CCC(C)c1ccc(N=Cc2cc3c(cc2Cl)N(C)C(C)(C)CC3C)cc1. The maximum atomic E-state index is 6.60. The summed E-state index contributed by atoms with van der Waals surface area (Å²) in [6.45, 7) is 11.4. The maximum Gasteiger partial charge on any atom is 0.0630 e. The largest absolute Gasteiger partial charge is 0.369 e. The fourth-order valence-corrected chi connectivity index (χ4v) is 4.18. The Balaban J connectivity index is 1.88. The van der Waals surface area contributed by atoms with Gasteiger partial charge in [-0.1, -0.05) is 44.5 Å². The quantitative estimate of drug-likeness (QED) is 0.505. The Kier molecular flexibility index (Phi) is 5.67. The van der Waals surface area contributed by atoms with E-state index in [1.54, 1.807) is 0 Å². The standard InChI is InChI=1S/C24H31ClN2/c1-7-16(2)18-8-10-20(11-9-18)26-15-19-12-21-17(3)14-24(4,5)27(6)23(21)13-22(19)25/h8-13,15-17H,7,14H2,1-6H3. The fourth-order valence-electron chi connectivity index (χ4n) is 3.97. The second-order valence-electron chi connectivity index (χ2n) is 8.57. The van der Waals surface area contributed by atoms with Gasteiger partial charge in [0.25, 0.3) is 0 Å². The fraction of sp³-hybridized carbons (Fsp3) is 0.458. The number of anilines is 1. The Bertz CT molecular complexity index is 836. The minimum Gasteiger partial charge on any atom is -0.369 e. The molecule has 3 rings (SSSR count). The number of fused-ring (bicyclic) bond motifs is 1. The van der Waals surface area contributed by atoms with Gasteiger partial charge in [-0.15, -0.1) is 0 Å². The zero-order valence-corrected chi connectivity index (χ0v) is 18.1. The molecule has 0 bridgehead atoms. The lowest BCUT2D eigenvalue weighted by atomic mass is 9.80. The van der Waals surface area contributed by atoms with Gasteiger partial charge in [0.15, 0.2) is 0 Å². The van der Waals surface area contributed by atoms with Crippen molar-refractivity contribution in [3.8, 4) is 0 Å². The van der Waals surface area contributed by atoms with Crippen LogP contribution in [0.25, 0.3) is 0 Å². The summed E-state index contributed by atoms with van der Waals surface area (Å²) < 4.78 is 0. The van der Waals surface area contributed by atoms with Crippen molar-refractivity contribution in [1.82, 2.24) is 0 Å². The zero-order chi connectivity index (χ0) is 19.8. The maximum absolute atomic E-state index is 6.60. The molecule has 0 radical (unpaired) electrons. The van der Waals surface area contributed by atoms with Crippen LogP contribution in [0.3, 0.4) is 0 Å². The van der Waals surface area contributed by atoms with E-state index < -0.39 is 0 Å². The summed E-state index contributed by atoms with van der Waals surface area (Å²) in [6, 6.07) is 12.8. The van der Waals surface area contributed by atoms with Crippen LogP contribution < -0.4 is 4.90 Å². The highest BCUT2D eigenvalue weighted by atomic mass is 35.5. The molecule has 0 aromatic heterocycles. The molecule has 27 heavy (non-hydrogen) atoms. The van der Waals surface area contributed by atoms with Crippen LogP contribution in [0, 0.1) is 0 Å². The van der Waals surface area contributed by atoms with Crippen molar-refractivity contribution >= 4 is 29.2 Å². The van der Waals surface area contributed by atoms with Crippen LogP contribution in [0.4, 0.5) is 11.4 Å². The molecule has 2 nitrogen and oxygen atoms in total. The van der Waals surface area contributed by atoms with Gasteiger partial charge in [0, 0.05) is 30.1 Å². The number of benzene rings is 2. The minimum atomic E-state index is 0.142. The second-order valence-corrected chi connectivity index (χ2v) is 8.98. The zero-order valence-electron chi connectivity index (χ0n) is 17.4. The minimum absolute atomic E-state index is 0.142. The molecule has 3 heteroatoms. The highest BCUT2D eigenvalue weighted by molar-refractivity contribution is 6.33. The predicted octanol–water partition coefficient (Wildman–Crippen LogP) is 7.33. The summed E-state index contributed by atoms with van der Waals surface area (Å²) in [6.07, 6.45) is 4.18. The Morgan fingerprint density at radius 2 is 1.93 bits per heavy atom. The Labute approximate surface area is 169 Å². The van der Waals surface area contributed by atoms with Crippen molar-refractivity contribution in [1.29, 1.82) is 0 Å². The molecule has 144 valence electrons. The van der Waals surface area contributed by atoms with E-state index in [1.807, 2.05) is 6.21 Å². The van der Waals surface area contributed by atoms with Gasteiger partial charge in [0.05, 0.1) is 10.7 Å². The van der Waals surface area contributed by atoms with Crippen LogP contribution in [0.15, 0.2) is 41.4 Å². The summed E-state index contributed by atoms with van der Waals surface area (Å²) in [5, 5.41) is 0.755. The number of halogens is 1. The smallest absolute Gasteiger partial charge is 0.0630 e. The molecule has 0 fully saturated rings. The first kappa shape index (κ1) is 19.9. The van der Waals surface area contributed by atoms with Crippen LogP contribution >= 0.6 is 11.6 Å². The molecule has 1 aliphatic rings. The third-order valence-corrected chi connectivity index (χ3v) is 6.51. The first-order chi connectivity index (χ1) is 12.7. The first-order valence-corrected chi connectivity index (χ1v) is 10.3. The van der Waals surface area contributed by atoms with Gasteiger partial charge in [-0.2, -0.15) is 0 Å². The van der Waals surface area contributed by atoms with E-state index in [-0.39, 0.29) is 5.54 Å². The molecule has 2 unspecified atom stereocenters. The van der Waals surface area contributed by atoms with Crippen molar-refractivity contribution in [2.24, 2.45) is 4.99 Å². The van der Waals surface area contributed by atoms with Crippen molar-refractivity contribution < 1.29 is 0 Å². The van der Waals surface area contributed by atoms with Crippen LogP contribution in [-0.4, -0.2) is 18.8 Å². The van der Waals surface area contributed by atoms with Gasteiger partial charge in [-0.05, 0) is 73.9 Å². The number of aliphatic imine (C=N–C) groups is 1. The van der Waals surface area contributed by atoms with Crippen LogP contribution in [0.2, 0.25) is 5.02 Å². The van der Waals surface area contributed by atoms with Crippen LogP contribution in [0.1, 0.15) is 76.0 Å². The molecule has 0 saturated heterocycles. The third kappa shape index (κ3) is 4.06. The summed E-state index contributed by atoms with van der Waals surface area (Å²) in [5.74, 6) is 1.09. The van der Waals surface area contributed by atoms with E-state index in [0.717, 1.165) is 29.1 Å². The molecule has 0 N–H and O–H groups in total. The molecular weight excluding hydrogens is 352 g/mol. The third-order valence-electron chi connectivity index (χ3n) is 6.18. The highest BCUT2D eigenvalue weighted by Crippen LogP contribution is 2.44. The van der Waals surface area contributed by atoms with E-state index in [0.29, 0.717) is 11.8 Å². The summed E-state index contributed by atoms with van der Waals surface area (Å²) in [5.41, 5.74) is 6.04. The Morgan fingerprint density at radius 1 is 1.26 bits per heavy atom. The lowest BCUT2D eigenvalue weighted by Crippen LogP contribution is -2.45. The topological polar surface area (TPSA) is 15.6 Å². The number of hydrogen-bond donors (Lipinski definition) is 0. The van der Waals surface area contributed by atoms with Crippen molar-refractivity contribution in [3.05, 3.63) is 58.1 Å². The molecule has 0 amide bonds. The van der Waals surface area contributed by atoms with E-state index in [1.165, 1.54) is 16.8 Å². The van der Waals surface area contributed by atoms with Crippen molar-refractivity contribution in [3.63, 3.8) is 0 Å². The van der Waals surface area contributed by atoms with Gasteiger partial charge in [0.2, 0.25) is 0 Å². The molecule has 0 saturated carbocycles. The first-order valence-electron chi connectivity index (χ1n) is 9.94. The molecule has 0 aliphatic carbocycles. The van der Waals surface area contributed by atoms with E-state index in [4.69, 9.17) is 11.6 Å². The van der Waals surface area contributed by atoms with Crippen molar-refractivity contribution in [2.75, 3.05) is 11.9 Å². The van der Waals surface area contributed by atoms with Crippen LogP contribution in [-0.2, 0) is 0 Å². The van der Waals surface area contributed by atoms with Gasteiger partial charge in [0.1, 0.15) is 0 Å². The predicted molar refractivity (Wildman–Crippen MR) is 119 cm³/mol. The lowest BCUT2D eigenvalue weighted by Gasteiger charge is -2.45. The van der Waals surface area contributed by atoms with Crippen LogP contribution in [0.5, 0.6) is 0 Å². The van der Waals surface area contributed by atoms with E-state index in [2.05, 4.69) is 88.0 Å². The molecule has 1 heterocycles. The molecule has 2 aromatic carbocycles. The molecule has 2 atom stereocenters. The Morgan fingerprint density at radius 3 is 2.56 bits per heavy atom. The molecule has 1 aliphatic heterocycles. The summed E-state index contributed by atoms with van der Waals surface area (Å²) in [7, 11) is 2.16. The number of nitrogens with zero attached hydrogens (tertiary/aromatic N) is 2. The van der Waals surface area contributed by atoms with E-state index in [9.17, 15) is 0 Å². The normalized spacial score (nSPS) is 20.0. The van der Waals surface area contributed by atoms with Gasteiger partial charge in [-0.3, -0.25) is 4.99 Å². The van der Waals surface area contributed by atoms with Gasteiger partial charge in [-0.25, -0.2) is 0 Å².